The fourth-order valence-electron chi connectivity index (χ4n) is 5.02. The topological polar surface area (TPSA) is 0 Å². The summed E-state index contributed by atoms with van der Waals surface area (Å²) in [5, 5.41) is 6.38. The van der Waals surface area contributed by atoms with Gasteiger partial charge in [0.05, 0.1) is 0 Å². The lowest BCUT2D eigenvalue weighted by atomic mass is 10.4. The van der Waals surface area contributed by atoms with Crippen LogP contribution in [0.2, 0.25) is 0 Å². The van der Waals surface area contributed by atoms with Gasteiger partial charge in [-0.25, -0.2) is 0 Å². The van der Waals surface area contributed by atoms with Gasteiger partial charge in [0.25, 0.3) is 0 Å². The first-order valence-electron chi connectivity index (χ1n) is 10.5. The highest BCUT2D eigenvalue weighted by atomic mass is 32.5. The minimum absolute atomic E-state index is 0.243. The van der Waals surface area contributed by atoms with Gasteiger partial charge in [0.2, 0.25) is 7.30 Å². The molecule has 148 valence electrons. The van der Waals surface area contributed by atoms with Crippen LogP contribution >= 0.6 is 21.2 Å². The van der Waals surface area contributed by atoms with E-state index in [0.29, 0.717) is 0 Å². The molecule has 0 N–H and O–H groups in total. The Morgan fingerprint density at radius 3 is 0.900 bits per heavy atom. The SMILES string of the molecule is CP1[P+](c2ccccc2)(c2ccccc2)CC[P+]1(c1ccccc1)c1ccccc1. The molecule has 0 nitrogen and oxygen atoms in total. The van der Waals surface area contributed by atoms with Crippen LogP contribution in [0.4, 0.5) is 0 Å². The molecule has 0 unspecified atom stereocenters. The molecule has 0 spiro atoms. The van der Waals surface area contributed by atoms with Crippen molar-refractivity contribution < 1.29 is 0 Å². The van der Waals surface area contributed by atoms with E-state index in [1.54, 1.807) is 21.2 Å². The summed E-state index contributed by atoms with van der Waals surface area (Å²) in [5.74, 6) is 0. The van der Waals surface area contributed by atoms with E-state index in [1.165, 1.54) is 12.3 Å². The molecule has 1 aliphatic heterocycles. The molecule has 0 aliphatic carbocycles. The summed E-state index contributed by atoms with van der Waals surface area (Å²) in [6, 6.07) is 45.9. The Labute approximate surface area is 182 Å². The quantitative estimate of drug-likeness (QED) is 0.325. The van der Waals surface area contributed by atoms with E-state index in [4.69, 9.17) is 0 Å². The van der Waals surface area contributed by atoms with Gasteiger partial charge >= 0.3 is 0 Å². The highest BCUT2D eigenvalue weighted by Gasteiger charge is 2.71. The van der Waals surface area contributed by atoms with E-state index in [1.807, 2.05) is 0 Å². The Kier molecular flexibility index (Phi) is 5.60. The van der Waals surface area contributed by atoms with Gasteiger partial charge in [-0.15, -0.1) is 0 Å². The molecule has 1 fully saturated rings. The zero-order valence-corrected chi connectivity index (χ0v) is 20.0. The zero-order chi connectivity index (χ0) is 20.4. The molecule has 1 heterocycles. The van der Waals surface area contributed by atoms with Gasteiger partial charge in [0, 0.05) is 6.66 Å². The fourth-order valence-corrected chi connectivity index (χ4v) is 34.6. The molecule has 4 aromatic rings. The van der Waals surface area contributed by atoms with Crippen molar-refractivity contribution in [2.45, 2.75) is 0 Å². The van der Waals surface area contributed by atoms with Crippen LogP contribution in [0.1, 0.15) is 0 Å². The van der Waals surface area contributed by atoms with E-state index in [-0.39, 0.29) is 7.30 Å². The van der Waals surface area contributed by atoms with E-state index >= 15 is 0 Å². The molecular weight excluding hydrogens is 417 g/mol. The average molecular weight is 444 g/mol. The van der Waals surface area contributed by atoms with Crippen LogP contribution in [-0.2, 0) is 0 Å². The van der Waals surface area contributed by atoms with Crippen molar-refractivity contribution in [1.29, 1.82) is 0 Å². The van der Waals surface area contributed by atoms with Gasteiger partial charge in [-0.2, -0.15) is 0 Å². The molecular formula is C27H27P3+2. The van der Waals surface area contributed by atoms with Gasteiger partial charge in [-0.3, -0.25) is 0 Å². The predicted octanol–water partition coefficient (Wildman–Crippen LogP) is 6.28. The summed E-state index contributed by atoms with van der Waals surface area (Å²) >= 11 is 0. The minimum Gasteiger partial charge on any atom is -0.0620 e. The molecule has 0 saturated carbocycles. The van der Waals surface area contributed by atoms with Crippen LogP contribution in [0.25, 0.3) is 0 Å². The van der Waals surface area contributed by atoms with Crippen LogP contribution in [0.15, 0.2) is 121 Å². The lowest BCUT2D eigenvalue weighted by Gasteiger charge is -2.29. The van der Waals surface area contributed by atoms with E-state index in [2.05, 4.69) is 128 Å². The summed E-state index contributed by atoms with van der Waals surface area (Å²) < 4.78 is 0. The Bertz CT molecular complexity index is 926. The van der Waals surface area contributed by atoms with Gasteiger partial charge in [0.15, 0.2) is 0 Å². The van der Waals surface area contributed by atoms with Crippen LogP contribution in [0, 0.1) is 0 Å². The second-order valence-corrected chi connectivity index (χ2v) is 23.5. The maximum Gasteiger partial charge on any atom is 0.227 e. The van der Waals surface area contributed by atoms with Crippen molar-refractivity contribution >= 4 is 42.4 Å². The normalized spacial score (nSPS) is 17.6. The molecule has 0 atom stereocenters. The summed E-state index contributed by atoms with van der Waals surface area (Å²) in [6.45, 7) is -0.319. The molecule has 3 heteroatoms. The third-order valence-electron chi connectivity index (χ3n) is 6.47. The van der Waals surface area contributed by atoms with Gasteiger partial charge in [-0.1, -0.05) is 72.8 Å². The van der Waals surface area contributed by atoms with Crippen molar-refractivity contribution in [3.05, 3.63) is 121 Å². The van der Waals surface area contributed by atoms with Crippen LogP contribution in [0.5, 0.6) is 0 Å². The first-order valence-corrected chi connectivity index (χ1v) is 17.7. The largest absolute Gasteiger partial charge is 0.227 e. The molecule has 4 aromatic carbocycles. The van der Waals surface area contributed by atoms with E-state index in [0.717, 1.165) is 0 Å². The summed E-state index contributed by atoms with van der Waals surface area (Å²) in [6.07, 6.45) is 2.64. The highest BCUT2D eigenvalue weighted by Crippen LogP contribution is 3.04. The third kappa shape index (κ3) is 3.10. The second kappa shape index (κ2) is 8.36. The molecule has 5 rings (SSSR count). The first kappa shape index (κ1) is 20.1. The fraction of sp³-hybridized carbons (Fsp3) is 0.111. The lowest BCUT2D eigenvalue weighted by molar-refractivity contribution is 1.51. The number of rotatable bonds is 4. The Morgan fingerprint density at radius 1 is 0.433 bits per heavy atom. The molecule has 30 heavy (non-hydrogen) atoms. The average Bonchev–Trinajstić information content (AvgIpc) is 3.16. The van der Waals surface area contributed by atoms with Crippen LogP contribution in [0.3, 0.4) is 0 Å². The van der Waals surface area contributed by atoms with E-state index in [9.17, 15) is 0 Å². The number of hydrogen-bond donors (Lipinski definition) is 0. The molecule has 1 saturated heterocycles. The predicted molar refractivity (Wildman–Crippen MR) is 141 cm³/mol. The molecule has 0 aromatic heterocycles. The molecule has 0 bridgehead atoms. The minimum atomic E-state index is -1.48. The zero-order valence-electron chi connectivity index (χ0n) is 17.3. The summed E-state index contributed by atoms with van der Waals surface area (Å²) in [5.41, 5.74) is 0. The standard InChI is InChI=1S/C27H27P3/c1-28-29(24-14-6-2-7-15-24,25-16-8-3-9-17-25)22-23-30(28,26-18-10-4-11-19-26)27-20-12-5-13-21-27/h2-21H,22-23H2,1H3/q+2. The Morgan fingerprint density at radius 2 is 0.667 bits per heavy atom. The Hall–Kier alpha value is -1.83. The molecule has 1 aliphatic rings. The maximum atomic E-state index is 2.64. The summed E-state index contributed by atoms with van der Waals surface area (Å²) in [7, 11) is -0.243. The second-order valence-electron chi connectivity index (χ2n) is 7.82. The van der Waals surface area contributed by atoms with Crippen molar-refractivity contribution in [3.63, 3.8) is 0 Å². The smallest absolute Gasteiger partial charge is 0.0620 e. The van der Waals surface area contributed by atoms with Crippen molar-refractivity contribution in [3.8, 4) is 0 Å². The summed E-state index contributed by atoms with van der Waals surface area (Å²) in [4.78, 5) is 0. The van der Waals surface area contributed by atoms with Crippen LogP contribution < -0.4 is 21.2 Å². The van der Waals surface area contributed by atoms with Crippen molar-refractivity contribution in [1.82, 2.24) is 0 Å². The third-order valence-corrected chi connectivity index (χ3v) is 30.5. The van der Waals surface area contributed by atoms with Gasteiger partial charge < -0.3 is 0 Å². The van der Waals surface area contributed by atoms with Crippen LogP contribution in [-0.4, -0.2) is 19.0 Å². The number of benzene rings is 4. The number of hydrogen-bond acceptors (Lipinski definition) is 0. The first-order chi connectivity index (χ1) is 14.8. The molecule has 0 amide bonds. The monoisotopic (exact) mass is 444 g/mol. The Balaban J connectivity index is 1.78. The maximum absolute atomic E-state index is 2.64. The van der Waals surface area contributed by atoms with Gasteiger partial charge in [0.1, 0.15) is 47.4 Å². The lowest BCUT2D eigenvalue weighted by Crippen LogP contribution is -2.22. The molecule has 0 radical (unpaired) electrons. The van der Waals surface area contributed by atoms with E-state index < -0.39 is 13.9 Å². The van der Waals surface area contributed by atoms with Crippen molar-refractivity contribution in [2.75, 3.05) is 19.0 Å². The van der Waals surface area contributed by atoms with Crippen molar-refractivity contribution in [2.24, 2.45) is 0 Å². The van der Waals surface area contributed by atoms with Gasteiger partial charge in [-0.05, 0) is 48.5 Å². The highest BCUT2D eigenvalue weighted by molar-refractivity contribution is 8.76.